The van der Waals surface area contributed by atoms with E-state index in [4.69, 9.17) is 4.74 Å². The van der Waals surface area contributed by atoms with Crippen LogP contribution in [0.5, 0.6) is 5.75 Å². The predicted molar refractivity (Wildman–Crippen MR) is 88.8 cm³/mol. The monoisotopic (exact) mass is 317 g/mol. The van der Waals surface area contributed by atoms with E-state index in [9.17, 15) is 14.7 Å². The summed E-state index contributed by atoms with van der Waals surface area (Å²) in [6.45, 7) is 4.70. The quantitative estimate of drug-likeness (QED) is 0.752. The zero-order valence-corrected chi connectivity index (χ0v) is 13.5. The van der Waals surface area contributed by atoms with Crippen LogP contribution in [0.1, 0.15) is 43.5 Å². The highest BCUT2D eigenvalue weighted by Gasteiger charge is 2.19. The van der Waals surface area contributed by atoms with Gasteiger partial charge in [0.25, 0.3) is 0 Å². The standard InChI is InChI=1S/C18H23NO4/c1-12(2)7-8-23-16-10-14(18(21)22)9-15(11-16)19-17(20)13-5-3-4-6-13/h3,5,9-13H,4,6-8H2,1-2H3,(H,19,20)(H,21,22). The van der Waals surface area contributed by atoms with Crippen molar-refractivity contribution in [1.82, 2.24) is 0 Å². The summed E-state index contributed by atoms with van der Waals surface area (Å²) in [6, 6.07) is 4.60. The van der Waals surface area contributed by atoms with Crippen molar-refractivity contribution in [1.29, 1.82) is 0 Å². The minimum Gasteiger partial charge on any atom is -0.493 e. The van der Waals surface area contributed by atoms with Gasteiger partial charge in [-0.15, -0.1) is 0 Å². The minimum atomic E-state index is -1.05. The molecule has 0 heterocycles. The van der Waals surface area contributed by atoms with Crippen LogP contribution in [-0.4, -0.2) is 23.6 Å². The van der Waals surface area contributed by atoms with Gasteiger partial charge in [-0.25, -0.2) is 4.79 Å². The highest BCUT2D eigenvalue weighted by molar-refractivity contribution is 5.96. The molecule has 0 fully saturated rings. The van der Waals surface area contributed by atoms with Crippen molar-refractivity contribution in [2.24, 2.45) is 11.8 Å². The van der Waals surface area contributed by atoms with E-state index in [1.807, 2.05) is 12.2 Å². The molecule has 1 aliphatic rings. The Balaban J connectivity index is 2.10. The normalized spacial score (nSPS) is 16.6. The third-order valence-electron chi connectivity index (χ3n) is 3.73. The maximum atomic E-state index is 12.2. The van der Waals surface area contributed by atoms with E-state index in [0.29, 0.717) is 24.0 Å². The number of carboxylic acids is 1. The maximum absolute atomic E-state index is 12.2. The molecule has 5 heteroatoms. The van der Waals surface area contributed by atoms with Crippen LogP contribution in [0.4, 0.5) is 5.69 Å². The van der Waals surface area contributed by atoms with Gasteiger partial charge in [0.05, 0.1) is 18.1 Å². The summed E-state index contributed by atoms with van der Waals surface area (Å²) in [5.41, 5.74) is 0.555. The Morgan fingerprint density at radius 1 is 1.35 bits per heavy atom. The van der Waals surface area contributed by atoms with Crippen molar-refractivity contribution < 1.29 is 19.4 Å². The Morgan fingerprint density at radius 3 is 2.74 bits per heavy atom. The molecule has 23 heavy (non-hydrogen) atoms. The van der Waals surface area contributed by atoms with Crippen LogP contribution in [-0.2, 0) is 4.79 Å². The molecule has 1 aromatic rings. The van der Waals surface area contributed by atoms with Crippen LogP contribution in [0.25, 0.3) is 0 Å². The number of aromatic carboxylic acids is 1. The Hall–Kier alpha value is -2.30. The first kappa shape index (κ1) is 17.1. The topological polar surface area (TPSA) is 75.6 Å². The third kappa shape index (κ3) is 5.13. The number of carboxylic acid groups (broad SMARTS) is 1. The van der Waals surface area contributed by atoms with Crippen molar-refractivity contribution in [2.75, 3.05) is 11.9 Å². The number of amides is 1. The van der Waals surface area contributed by atoms with Gasteiger partial charge in [-0.3, -0.25) is 4.79 Å². The molecular weight excluding hydrogens is 294 g/mol. The Morgan fingerprint density at radius 2 is 2.13 bits per heavy atom. The number of rotatable bonds is 7. The van der Waals surface area contributed by atoms with Crippen molar-refractivity contribution in [3.63, 3.8) is 0 Å². The number of nitrogens with one attached hydrogen (secondary N) is 1. The van der Waals surface area contributed by atoms with E-state index < -0.39 is 5.97 Å². The van der Waals surface area contributed by atoms with Crippen LogP contribution in [0.3, 0.4) is 0 Å². The van der Waals surface area contributed by atoms with E-state index in [2.05, 4.69) is 19.2 Å². The van der Waals surface area contributed by atoms with E-state index in [1.165, 1.54) is 12.1 Å². The predicted octanol–water partition coefficient (Wildman–Crippen LogP) is 3.71. The largest absolute Gasteiger partial charge is 0.493 e. The Bertz CT molecular complexity index is 607. The smallest absolute Gasteiger partial charge is 0.335 e. The molecule has 1 atom stereocenters. The zero-order valence-electron chi connectivity index (χ0n) is 13.5. The number of hydrogen-bond donors (Lipinski definition) is 2. The number of hydrogen-bond acceptors (Lipinski definition) is 3. The molecule has 1 aliphatic carbocycles. The van der Waals surface area contributed by atoms with Gasteiger partial charge >= 0.3 is 5.97 Å². The number of carbonyl (C=O) groups is 2. The molecule has 1 aromatic carbocycles. The summed E-state index contributed by atoms with van der Waals surface area (Å²) in [5.74, 6) is -0.340. The minimum absolute atomic E-state index is 0.101. The lowest BCUT2D eigenvalue weighted by Gasteiger charge is -2.13. The number of carbonyl (C=O) groups excluding carboxylic acids is 1. The summed E-state index contributed by atoms with van der Waals surface area (Å²) in [6.07, 6.45) is 6.44. The molecule has 5 nitrogen and oxygen atoms in total. The van der Waals surface area contributed by atoms with Crippen molar-refractivity contribution in [3.8, 4) is 5.75 Å². The lowest BCUT2D eigenvalue weighted by Crippen LogP contribution is -2.20. The lowest BCUT2D eigenvalue weighted by atomic mass is 10.1. The third-order valence-corrected chi connectivity index (χ3v) is 3.73. The number of anilines is 1. The number of benzene rings is 1. The van der Waals surface area contributed by atoms with Gasteiger partial charge in [-0.2, -0.15) is 0 Å². The first-order valence-electron chi connectivity index (χ1n) is 7.94. The molecular formula is C18H23NO4. The van der Waals surface area contributed by atoms with Gasteiger partial charge in [-0.05, 0) is 37.3 Å². The summed E-state index contributed by atoms with van der Waals surface area (Å²) in [4.78, 5) is 23.4. The van der Waals surface area contributed by atoms with Gasteiger partial charge < -0.3 is 15.2 Å². The van der Waals surface area contributed by atoms with Crippen molar-refractivity contribution in [2.45, 2.75) is 33.1 Å². The molecule has 0 radical (unpaired) electrons. The van der Waals surface area contributed by atoms with E-state index in [-0.39, 0.29) is 17.4 Å². The van der Waals surface area contributed by atoms with E-state index >= 15 is 0 Å². The fourth-order valence-electron chi connectivity index (χ4n) is 2.38. The molecule has 1 amide bonds. The molecule has 0 bridgehead atoms. The lowest BCUT2D eigenvalue weighted by molar-refractivity contribution is -0.118. The molecule has 124 valence electrons. The van der Waals surface area contributed by atoms with Crippen LogP contribution in [0, 0.1) is 11.8 Å². The van der Waals surface area contributed by atoms with E-state index in [0.717, 1.165) is 19.3 Å². The van der Waals surface area contributed by atoms with Crippen LogP contribution < -0.4 is 10.1 Å². The van der Waals surface area contributed by atoms with E-state index in [1.54, 1.807) is 6.07 Å². The molecule has 0 saturated carbocycles. The maximum Gasteiger partial charge on any atom is 0.335 e. The molecule has 0 aliphatic heterocycles. The summed E-state index contributed by atoms with van der Waals surface area (Å²) < 4.78 is 5.63. The molecule has 1 unspecified atom stereocenters. The Kier molecular flexibility index (Phi) is 5.79. The van der Waals surface area contributed by atoms with Gasteiger partial charge in [0, 0.05) is 11.8 Å². The summed E-state index contributed by atoms with van der Waals surface area (Å²) in [7, 11) is 0. The first-order chi connectivity index (χ1) is 11.0. The molecule has 0 saturated heterocycles. The average Bonchev–Trinajstić information content (AvgIpc) is 3.00. The van der Waals surface area contributed by atoms with Gasteiger partial charge in [-0.1, -0.05) is 26.0 Å². The second kappa shape index (κ2) is 7.81. The zero-order chi connectivity index (χ0) is 16.8. The number of ether oxygens (including phenoxy) is 1. The first-order valence-corrected chi connectivity index (χ1v) is 7.94. The van der Waals surface area contributed by atoms with Crippen molar-refractivity contribution >= 4 is 17.6 Å². The van der Waals surface area contributed by atoms with Crippen molar-refractivity contribution in [3.05, 3.63) is 35.9 Å². The second-order valence-electron chi connectivity index (χ2n) is 6.18. The molecule has 2 N–H and O–H groups in total. The Labute approximate surface area is 136 Å². The van der Waals surface area contributed by atoms with Gasteiger partial charge in [0.15, 0.2) is 0 Å². The van der Waals surface area contributed by atoms with Crippen LogP contribution >= 0.6 is 0 Å². The highest BCUT2D eigenvalue weighted by atomic mass is 16.5. The molecule has 0 spiro atoms. The second-order valence-corrected chi connectivity index (χ2v) is 6.18. The highest BCUT2D eigenvalue weighted by Crippen LogP contribution is 2.24. The van der Waals surface area contributed by atoms with Crippen LogP contribution in [0.15, 0.2) is 30.4 Å². The van der Waals surface area contributed by atoms with Crippen LogP contribution in [0.2, 0.25) is 0 Å². The molecule has 2 rings (SSSR count). The van der Waals surface area contributed by atoms with Gasteiger partial charge in [0.1, 0.15) is 5.75 Å². The molecule has 0 aromatic heterocycles. The summed E-state index contributed by atoms with van der Waals surface area (Å²) in [5, 5.41) is 12.0. The fourth-order valence-corrected chi connectivity index (χ4v) is 2.38. The SMILES string of the molecule is CC(C)CCOc1cc(NC(=O)C2C=CCC2)cc(C(=O)O)c1. The summed E-state index contributed by atoms with van der Waals surface area (Å²) >= 11 is 0. The fraction of sp³-hybridized carbons (Fsp3) is 0.444. The number of allylic oxidation sites excluding steroid dienone is 1. The van der Waals surface area contributed by atoms with Gasteiger partial charge in [0.2, 0.25) is 5.91 Å². The average molecular weight is 317 g/mol.